The number of fused-ring (bicyclic) bond motifs is 1. The van der Waals surface area contributed by atoms with Gasteiger partial charge in [-0.1, -0.05) is 42.4 Å². The highest BCUT2D eigenvalue weighted by atomic mass is 35.5. The molecule has 0 aliphatic carbocycles. The molecule has 0 bridgehead atoms. The number of aryl methyl sites for hydroxylation is 1. The molecule has 0 spiro atoms. The molecule has 8 heteroatoms. The van der Waals surface area contributed by atoms with Gasteiger partial charge in [0.25, 0.3) is 5.56 Å². The molecular formula is C25H23ClFN3O2S. The van der Waals surface area contributed by atoms with Crippen molar-refractivity contribution in [3.05, 3.63) is 86.7 Å². The first-order chi connectivity index (χ1) is 15.8. The normalized spacial score (nSPS) is 11.3. The van der Waals surface area contributed by atoms with Crippen LogP contribution in [-0.2, 0) is 6.54 Å². The third-order valence-corrected chi connectivity index (χ3v) is 6.79. The lowest BCUT2D eigenvalue weighted by atomic mass is 10.2. The second-order valence-corrected chi connectivity index (χ2v) is 9.15. The number of thioether (sulfide) groups is 1. The minimum atomic E-state index is -0.575. The van der Waals surface area contributed by atoms with Gasteiger partial charge in [-0.05, 0) is 56.7 Å². The van der Waals surface area contributed by atoms with Crippen LogP contribution in [0.15, 0.2) is 58.5 Å². The lowest BCUT2D eigenvalue weighted by molar-refractivity contribution is 0.102. The van der Waals surface area contributed by atoms with Crippen LogP contribution in [0.4, 0.5) is 4.39 Å². The molecule has 0 amide bonds. The SMILES string of the molecule is CCCn1c(C)cc(C(=O)CSc2nc3ccccc3c(=O)n2-c2ccc(F)c(Cl)c2)c1C. The van der Waals surface area contributed by atoms with Crippen LogP contribution in [-0.4, -0.2) is 25.7 Å². The Balaban J connectivity index is 1.74. The number of carbonyl (C=O) groups is 1. The zero-order valence-corrected chi connectivity index (χ0v) is 20.1. The average molecular weight is 484 g/mol. The number of carbonyl (C=O) groups excluding carboxylic acids is 1. The van der Waals surface area contributed by atoms with Gasteiger partial charge < -0.3 is 4.57 Å². The molecule has 5 nitrogen and oxygen atoms in total. The highest BCUT2D eigenvalue weighted by molar-refractivity contribution is 7.99. The Kier molecular flexibility index (Phi) is 6.72. The Morgan fingerprint density at radius 2 is 1.91 bits per heavy atom. The second-order valence-electron chi connectivity index (χ2n) is 7.80. The molecule has 0 aliphatic heterocycles. The molecule has 0 atom stereocenters. The monoisotopic (exact) mass is 483 g/mol. The van der Waals surface area contributed by atoms with Crippen molar-refractivity contribution >= 4 is 40.0 Å². The molecule has 0 saturated carbocycles. The molecule has 0 unspecified atom stereocenters. The van der Waals surface area contributed by atoms with E-state index >= 15 is 0 Å². The van der Waals surface area contributed by atoms with E-state index in [0.29, 0.717) is 27.3 Å². The molecule has 0 aliphatic rings. The van der Waals surface area contributed by atoms with Gasteiger partial charge in [0.2, 0.25) is 0 Å². The van der Waals surface area contributed by atoms with Crippen molar-refractivity contribution in [2.45, 2.75) is 38.9 Å². The van der Waals surface area contributed by atoms with Crippen molar-refractivity contribution in [2.75, 3.05) is 5.75 Å². The van der Waals surface area contributed by atoms with Crippen LogP contribution in [0.5, 0.6) is 0 Å². The number of halogens is 2. The van der Waals surface area contributed by atoms with Gasteiger partial charge in [-0.15, -0.1) is 0 Å². The molecule has 4 rings (SSSR count). The van der Waals surface area contributed by atoms with Crippen LogP contribution in [0.3, 0.4) is 0 Å². The Morgan fingerprint density at radius 1 is 1.15 bits per heavy atom. The Bertz CT molecular complexity index is 1430. The first kappa shape index (κ1) is 23.3. The van der Waals surface area contributed by atoms with E-state index in [9.17, 15) is 14.0 Å². The third-order valence-electron chi connectivity index (χ3n) is 5.56. The molecule has 2 aromatic heterocycles. The van der Waals surface area contributed by atoms with Gasteiger partial charge in [0.15, 0.2) is 10.9 Å². The summed E-state index contributed by atoms with van der Waals surface area (Å²) in [7, 11) is 0. The number of Topliss-reactive ketones (excluding diaryl/α,β-unsaturated/α-hetero) is 1. The maximum Gasteiger partial charge on any atom is 0.266 e. The molecule has 4 aromatic rings. The highest BCUT2D eigenvalue weighted by Gasteiger charge is 2.19. The van der Waals surface area contributed by atoms with Crippen LogP contribution in [0.2, 0.25) is 5.02 Å². The summed E-state index contributed by atoms with van der Waals surface area (Å²) in [5.74, 6) is -0.508. The number of ketones is 1. The maximum absolute atomic E-state index is 13.8. The number of rotatable bonds is 7. The fraction of sp³-hybridized carbons (Fsp3) is 0.240. The predicted molar refractivity (Wildman–Crippen MR) is 132 cm³/mol. The Morgan fingerprint density at radius 3 is 2.64 bits per heavy atom. The largest absolute Gasteiger partial charge is 0.348 e. The van der Waals surface area contributed by atoms with Gasteiger partial charge in [-0.2, -0.15) is 0 Å². The zero-order chi connectivity index (χ0) is 23.7. The van der Waals surface area contributed by atoms with Gasteiger partial charge in [-0.25, -0.2) is 9.37 Å². The van der Waals surface area contributed by atoms with Gasteiger partial charge in [0, 0.05) is 23.5 Å². The van der Waals surface area contributed by atoms with E-state index in [2.05, 4.69) is 16.5 Å². The van der Waals surface area contributed by atoms with E-state index in [1.165, 1.54) is 34.5 Å². The van der Waals surface area contributed by atoms with E-state index < -0.39 is 5.82 Å². The van der Waals surface area contributed by atoms with Crippen LogP contribution >= 0.6 is 23.4 Å². The summed E-state index contributed by atoms with van der Waals surface area (Å²) in [5, 5.41) is 0.678. The van der Waals surface area contributed by atoms with Crippen molar-refractivity contribution < 1.29 is 9.18 Å². The minimum absolute atomic E-state index is 0.0402. The number of para-hydroxylation sites is 1. The molecule has 0 N–H and O–H groups in total. The summed E-state index contributed by atoms with van der Waals surface area (Å²) in [5.41, 5.74) is 3.27. The van der Waals surface area contributed by atoms with Crippen LogP contribution < -0.4 is 5.56 Å². The molecule has 0 radical (unpaired) electrons. The predicted octanol–water partition coefficient (Wildman–Crippen LogP) is 5.98. The molecule has 0 saturated heterocycles. The average Bonchev–Trinajstić information content (AvgIpc) is 3.08. The molecule has 2 heterocycles. The quantitative estimate of drug-likeness (QED) is 0.184. The van der Waals surface area contributed by atoms with Gasteiger partial charge in [0.1, 0.15) is 5.82 Å². The van der Waals surface area contributed by atoms with Crippen LogP contribution in [0.25, 0.3) is 16.6 Å². The second kappa shape index (κ2) is 9.53. The van der Waals surface area contributed by atoms with E-state index in [4.69, 9.17) is 11.6 Å². The molecule has 170 valence electrons. The molecule has 2 aromatic carbocycles. The lowest BCUT2D eigenvalue weighted by Gasteiger charge is -2.13. The molecule has 33 heavy (non-hydrogen) atoms. The van der Waals surface area contributed by atoms with Crippen molar-refractivity contribution in [1.82, 2.24) is 14.1 Å². The number of hydrogen-bond acceptors (Lipinski definition) is 4. The maximum atomic E-state index is 13.8. The summed E-state index contributed by atoms with van der Waals surface area (Å²) >= 11 is 7.16. The van der Waals surface area contributed by atoms with Crippen LogP contribution in [0, 0.1) is 19.7 Å². The summed E-state index contributed by atoms with van der Waals surface area (Å²) in [6, 6.07) is 13.0. The number of benzene rings is 2. The van der Waals surface area contributed by atoms with Crippen LogP contribution in [0.1, 0.15) is 35.1 Å². The van der Waals surface area contributed by atoms with E-state index in [1.54, 1.807) is 24.3 Å². The summed E-state index contributed by atoms with van der Waals surface area (Å²) < 4.78 is 17.3. The summed E-state index contributed by atoms with van der Waals surface area (Å²) in [4.78, 5) is 31.0. The number of nitrogens with zero attached hydrogens (tertiary/aromatic N) is 3. The summed E-state index contributed by atoms with van der Waals surface area (Å²) in [6.45, 7) is 6.90. The number of hydrogen-bond donors (Lipinski definition) is 0. The minimum Gasteiger partial charge on any atom is -0.348 e. The van der Waals surface area contributed by atoms with E-state index in [1.807, 2.05) is 19.9 Å². The first-order valence-electron chi connectivity index (χ1n) is 10.6. The van der Waals surface area contributed by atoms with Crippen molar-refractivity contribution in [2.24, 2.45) is 0 Å². The fourth-order valence-electron chi connectivity index (χ4n) is 3.92. The topological polar surface area (TPSA) is 56.9 Å². The van der Waals surface area contributed by atoms with Crippen molar-refractivity contribution in [3.63, 3.8) is 0 Å². The van der Waals surface area contributed by atoms with Crippen molar-refractivity contribution in [3.8, 4) is 5.69 Å². The highest BCUT2D eigenvalue weighted by Crippen LogP contribution is 2.26. The van der Waals surface area contributed by atoms with Gasteiger partial charge in [0.05, 0.1) is 27.4 Å². The Labute approximate surface area is 200 Å². The standard InChI is InChI=1S/C25H23ClFN3O2S/c1-4-11-29-15(2)12-19(16(29)3)23(31)14-33-25-28-22-8-6-5-7-18(22)24(32)30(25)17-9-10-21(27)20(26)13-17/h5-10,12-13H,4,11,14H2,1-3H3. The summed E-state index contributed by atoms with van der Waals surface area (Å²) in [6.07, 6.45) is 0.978. The lowest BCUT2D eigenvalue weighted by Crippen LogP contribution is -2.22. The molecular weight excluding hydrogens is 461 g/mol. The first-order valence-corrected chi connectivity index (χ1v) is 12.0. The molecule has 0 fully saturated rings. The Hall–Kier alpha value is -2.90. The van der Waals surface area contributed by atoms with Gasteiger partial charge in [-0.3, -0.25) is 14.2 Å². The van der Waals surface area contributed by atoms with Crippen molar-refractivity contribution in [1.29, 1.82) is 0 Å². The number of aromatic nitrogens is 3. The third kappa shape index (κ3) is 4.48. The van der Waals surface area contributed by atoms with Gasteiger partial charge >= 0.3 is 0 Å². The fourth-order valence-corrected chi connectivity index (χ4v) is 4.99. The van der Waals surface area contributed by atoms with E-state index in [-0.39, 0.29) is 22.1 Å². The van der Waals surface area contributed by atoms with E-state index in [0.717, 1.165) is 24.4 Å². The smallest absolute Gasteiger partial charge is 0.266 e. The zero-order valence-electron chi connectivity index (χ0n) is 18.6.